The number of hydrogen-bond acceptors (Lipinski definition) is 6. The van der Waals surface area contributed by atoms with E-state index in [4.69, 9.17) is 14.6 Å². The Hall–Kier alpha value is -2.39. The van der Waals surface area contributed by atoms with Gasteiger partial charge >= 0.3 is 12.1 Å². The Bertz CT molecular complexity index is 999. The van der Waals surface area contributed by atoms with E-state index < -0.39 is 46.9 Å². The van der Waals surface area contributed by atoms with Gasteiger partial charge in [0.05, 0.1) is 12.7 Å². The number of carboxylic acid groups (broad SMARTS) is 1. The van der Waals surface area contributed by atoms with Gasteiger partial charge in [-0.05, 0) is 12.1 Å². The van der Waals surface area contributed by atoms with Crippen LogP contribution in [0.4, 0.5) is 22.0 Å². The minimum absolute atomic E-state index is 0.0282. The van der Waals surface area contributed by atoms with E-state index in [9.17, 15) is 35.2 Å². The number of fused-ring (bicyclic) bond motifs is 1. The van der Waals surface area contributed by atoms with Gasteiger partial charge in [0.15, 0.2) is 0 Å². The van der Waals surface area contributed by atoms with Crippen LogP contribution in [0.1, 0.15) is 12.8 Å². The Morgan fingerprint density at radius 2 is 1.91 bits per heavy atom. The fourth-order valence-electron chi connectivity index (χ4n) is 4.04. The van der Waals surface area contributed by atoms with Crippen LogP contribution in [-0.4, -0.2) is 79.1 Å². The van der Waals surface area contributed by atoms with Gasteiger partial charge in [-0.15, -0.1) is 0 Å². The van der Waals surface area contributed by atoms with Crippen molar-refractivity contribution in [2.75, 3.05) is 26.2 Å². The number of alkyl halides is 5. The molecule has 4 rings (SSSR count). The number of rotatable bonds is 5. The molecule has 15 heteroatoms. The van der Waals surface area contributed by atoms with Gasteiger partial charge in [0.2, 0.25) is 21.9 Å². The summed E-state index contributed by atoms with van der Waals surface area (Å²) < 4.78 is 90.1. The molecular weight excluding hydrogens is 493 g/mol. The Morgan fingerprint density at radius 1 is 1.26 bits per heavy atom. The van der Waals surface area contributed by atoms with E-state index in [1.807, 2.05) is 0 Å². The highest BCUT2D eigenvalue weighted by molar-refractivity contribution is 7.89. The molecule has 9 nitrogen and oxygen atoms in total. The third-order valence-corrected chi connectivity index (χ3v) is 7.73. The zero-order valence-corrected chi connectivity index (χ0v) is 18.4. The van der Waals surface area contributed by atoms with Crippen LogP contribution in [0.3, 0.4) is 0 Å². The summed E-state index contributed by atoms with van der Waals surface area (Å²) in [5.41, 5.74) is 0. The minimum atomic E-state index is -5.08. The van der Waals surface area contributed by atoms with Crippen molar-refractivity contribution in [3.8, 4) is 0 Å². The van der Waals surface area contributed by atoms with Crippen LogP contribution in [0.5, 0.6) is 0 Å². The maximum absolute atomic E-state index is 12.9. The number of carbonyl (C=O) groups excluding carboxylic acids is 1. The van der Waals surface area contributed by atoms with Crippen molar-refractivity contribution in [3.63, 3.8) is 0 Å². The summed E-state index contributed by atoms with van der Waals surface area (Å²) in [4.78, 5) is 24.9. The molecule has 190 valence electrons. The van der Waals surface area contributed by atoms with Crippen LogP contribution in [0.2, 0.25) is 0 Å². The lowest BCUT2D eigenvalue weighted by Gasteiger charge is -2.34. The molecule has 1 aromatic heterocycles. The van der Waals surface area contributed by atoms with Crippen LogP contribution >= 0.6 is 0 Å². The summed E-state index contributed by atoms with van der Waals surface area (Å²) in [5.74, 6) is -6.54. The molecule has 2 N–H and O–H groups in total. The van der Waals surface area contributed by atoms with Crippen LogP contribution in [0.15, 0.2) is 29.4 Å². The highest BCUT2D eigenvalue weighted by Crippen LogP contribution is 2.42. The van der Waals surface area contributed by atoms with Gasteiger partial charge in [0.1, 0.15) is 4.90 Å². The fourth-order valence-corrected chi connectivity index (χ4v) is 5.50. The molecule has 0 radical (unpaired) electrons. The fraction of sp³-hybridized carbons (Fsp3) is 0.632. The smallest absolute Gasteiger partial charge is 0.475 e. The summed E-state index contributed by atoms with van der Waals surface area (Å²) in [6.45, 7) is 1.31. The first-order valence-corrected chi connectivity index (χ1v) is 11.6. The van der Waals surface area contributed by atoms with E-state index in [-0.39, 0.29) is 35.3 Å². The molecule has 0 spiro atoms. The summed E-state index contributed by atoms with van der Waals surface area (Å²) in [7, 11) is -3.64. The SMILES string of the molecule is O=C(NC[C@H]1CO[C@@H]2CN(S(=O)(=O)c3cccnc3)C[C@H]12)C1CC(F)(F)C1.O=C(O)C(F)(F)F. The number of aliphatic carboxylic acids is 1. The summed E-state index contributed by atoms with van der Waals surface area (Å²) in [5, 5.41) is 9.86. The standard InChI is InChI=1S/C17H21F2N3O4S.C2HF3O2/c18-17(19)4-11(5-17)16(23)21-6-12-10-26-15-9-22(8-14(12)15)27(24,25)13-2-1-3-20-7-13;3-2(4,5)1(6)7/h1-3,7,11-12,14-15H,4-6,8-10H2,(H,21,23);(H,6,7)/t12-,14+,15+;/m0./s1. The molecule has 3 heterocycles. The van der Waals surface area contributed by atoms with Crippen molar-refractivity contribution in [2.45, 2.75) is 35.9 Å². The topological polar surface area (TPSA) is 126 Å². The van der Waals surface area contributed by atoms with Crippen LogP contribution in [-0.2, 0) is 24.3 Å². The second kappa shape index (κ2) is 9.70. The number of ether oxygens (including phenoxy) is 1. The number of carbonyl (C=O) groups is 2. The van der Waals surface area contributed by atoms with Crippen molar-refractivity contribution in [3.05, 3.63) is 24.5 Å². The van der Waals surface area contributed by atoms with E-state index in [0.29, 0.717) is 19.7 Å². The molecule has 1 aliphatic carbocycles. The highest BCUT2D eigenvalue weighted by atomic mass is 32.2. The van der Waals surface area contributed by atoms with E-state index in [0.717, 1.165) is 0 Å². The number of sulfonamides is 1. The van der Waals surface area contributed by atoms with Gasteiger partial charge in [0.25, 0.3) is 0 Å². The molecule has 3 fully saturated rings. The first-order valence-electron chi connectivity index (χ1n) is 10.2. The number of aromatic nitrogens is 1. The van der Waals surface area contributed by atoms with Crippen LogP contribution < -0.4 is 5.32 Å². The number of nitrogens with zero attached hydrogens (tertiary/aromatic N) is 2. The number of amides is 1. The number of halogens is 5. The van der Waals surface area contributed by atoms with Gasteiger partial charge in [0, 0.05) is 62.6 Å². The molecule has 0 aromatic carbocycles. The van der Waals surface area contributed by atoms with E-state index in [1.54, 1.807) is 6.07 Å². The van der Waals surface area contributed by atoms with Gasteiger partial charge in [-0.1, -0.05) is 0 Å². The quantitative estimate of drug-likeness (QED) is 0.570. The third kappa shape index (κ3) is 5.99. The minimum Gasteiger partial charge on any atom is -0.475 e. The van der Waals surface area contributed by atoms with Crippen molar-refractivity contribution in [1.82, 2.24) is 14.6 Å². The molecule has 34 heavy (non-hydrogen) atoms. The molecular formula is C19H22F5N3O6S. The predicted molar refractivity (Wildman–Crippen MR) is 104 cm³/mol. The van der Waals surface area contributed by atoms with E-state index >= 15 is 0 Å². The molecule has 3 aliphatic rings. The van der Waals surface area contributed by atoms with Gasteiger partial charge in [-0.2, -0.15) is 17.5 Å². The first-order chi connectivity index (χ1) is 15.7. The lowest BCUT2D eigenvalue weighted by atomic mass is 9.80. The largest absolute Gasteiger partial charge is 0.490 e. The molecule has 1 saturated carbocycles. The maximum Gasteiger partial charge on any atom is 0.490 e. The van der Waals surface area contributed by atoms with Crippen molar-refractivity contribution in [2.24, 2.45) is 17.8 Å². The van der Waals surface area contributed by atoms with E-state index in [1.165, 1.54) is 22.8 Å². The van der Waals surface area contributed by atoms with Crippen molar-refractivity contribution in [1.29, 1.82) is 0 Å². The zero-order chi connectivity index (χ0) is 25.3. The first kappa shape index (κ1) is 26.2. The molecule has 0 unspecified atom stereocenters. The van der Waals surface area contributed by atoms with Crippen molar-refractivity contribution >= 4 is 21.9 Å². The average molecular weight is 515 g/mol. The maximum atomic E-state index is 12.9. The number of pyridine rings is 1. The van der Waals surface area contributed by atoms with Gasteiger partial charge in [-0.25, -0.2) is 22.0 Å². The van der Waals surface area contributed by atoms with Crippen LogP contribution in [0.25, 0.3) is 0 Å². The van der Waals surface area contributed by atoms with E-state index in [2.05, 4.69) is 10.3 Å². The van der Waals surface area contributed by atoms with Crippen LogP contribution in [0, 0.1) is 17.8 Å². The molecule has 3 atom stereocenters. The average Bonchev–Trinajstić information content (AvgIpc) is 3.32. The lowest BCUT2D eigenvalue weighted by molar-refractivity contribution is -0.192. The number of carboxylic acids is 1. The summed E-state index contributed by atoms with van der Waals surface area (Å²) in [6, 6.07) is 3.08. The van der Waals surface area contributed by atoms with Gasteiger partial charge in [-0.3, -0.25) is 9.78 Å². The Labute approximate surface area is 191 Å². The normalized spacial score (nSPS) is 26.7. The molecule has 0 bridgehead atoms. The Balaban J connectivity index is 0.000000406. The third-order valence-electron chi connectivity index (χ3n) is 5.92. The zero-order valence-electron chi connectivity index (χ0n) is 17.5. The van der Waals surface area contributed by atoms with Gasteiger partial charge < -0.3 is 15.2 Å². The second-order valence-electron chi connectivity index (χ2n) is 8.32. The number of nitrogens with one attached hydrogen (secondary N) is 1. The lowest BCUT2D eigenvalue weighted by Crippen LogP contribution is -2.46. The molecule has 2 aliphatic heterocycles. The summed E-state index contributed by atoms with van der Waals surface area (Å²) >= 11 is 0. The second-order valence-corrected chi connectivity index (χ2v) is 10.3. The predicted octanol–water partition coefficient (Wildman–Crippen LogP) is 1.51. The highest BCUT2D eigenvalue weighted by Gasteiger charge is 2.50. The van der Waals surface area contributed by atoms with Crippen molar-refractivity contribution < 1.29 is 49.8 Å². The monoisotopic (exact) mass is 515 g/mol. The Morgan fingerprint density at radius 3 is 2.44 bits per heavy atom. The summed E-state index contributed by atoms with van der Waals surface area (Å²) in [6.07, 6.45) is -3.27. The molecule has 1 amide bonds. The number of hydrogen-bond donors (Lipinski definition) is 2. The Kier molecular flexibility index (Phi) is 7.48. The molecule has 1 aromatic rings. The molecule has 2 saturated heterocycles.